The highest BCUT2D eigenvalue weighted by atomic mass is 19.1. The number of hydrogen-bond donors (Lipinski definition) is 1. The molecule has 0 bridgehead atoms. The van der Waals surface area contributed by atoms with Crippen LogP contribution in [0.4, 0.5) is 4.39 Å². The molecule has 4 rings (SSSR count). The number of aryl methyl sites for hydroxylation is 1. The number of halogens is 1. The van der Waals surface area contributed by atoms with Crippen molar-refractivity contribution in [2.24, 2.45) is 5.73 Å². The fraction of sp³-hybridized carbons (Fsp3) is 0.273. The van der Waals surface area contributed by atoms with Gasteiger partial charge in [-0.25, -0.2) is 4.39 Å². The highest BCUT2D eigenvalue weighted by molar-refractivity contribution is 5.98. The van der Waals surface area contributed by atoms with E-state index in [4.69, 9.17) is 5.73 Å². The van der Waals surface area contributed by atoms with Crippen molar-refractivity contribution in [3.05, 3.63) is 70.9 Å². The molecular weight excluding hydrogens is 371 g/mol. The molecule has 148 valence electrons. The molecule has 1 fully saturated rings. The summed E-state index contributed by atoms with van der Waals surface area (Å²) in [6.07, 6.45) is 3.16. The molecule has 3 heterocycles. The van der Waals surface area contributed by atoms with Crippen molar-refractivity contribution >= 4 is 22.7 Å². The second-order valence-corrected chi connectivity index (χ2v) is 7.40. The monoisotopic (exact) mass is 392 g/mol. The zero-order valence-electron chi connectivity index (χ0n) is 16.1. The van der Waals surface area contributed by atoms with Gasteiger partial charge >= 0.3 is 0 Å². The smallest absolute Gasteiger partial charge is 0.255 e. The third-order valence-corrected chi connectivity index (χ3v) is 5.33. The molecule has 29 heavy (non-hydrogen) atoms. The number of aromatic nitrogens is 2. The van der Waals surface area contributed by atoms with Crippen molar-refractivity contribution < 1.29 is 14.0 Å². The van der Waals surface area contributed by atoms with Crippen LogP contribution in [0.15, 0.2) is 42.6 Å². The Morgan fingerprint density at radius 1 is 1.21 bits per heavy atom. The van der Waals surface area contributed by atoms with E-state index in [1.54, 1.807) is 29.3 Å². The molecule has 0 spiro atoms. The zero-order chi connectivity index (χ0) is 20.5. The van der Waals surface area contributed by atoms with Crippen molar-refractivity contribution in [3.63, 3.8) is 0 Å². The lowest BCUT2D eigenvalue weighted by Crippen LogP contribution is -2.40. The Kier molecular flexibility index (Phi) is 4.96. The number of carbonyl (C=O) groups excluding carboxylic acids is 2. The maximum Gasteiger partial charge on any atom is 0.255 e. The van der Waals surface area contributed by atoms with Crippen molar-refractivity contribution in [3.8, 4) is 0 Å². The fourth-order valence-corrected chi connectivity index (χ4v) is 3.83. The minimum atomic E-state index is -0.607. The van der Waals surface area contributed by atoms with Crippen molar-refractivity contribution in [2.45, 2.75) is 25.7 Å². The standard InChI is InChI=1S/C22H21FN4O2/c1-13-4-5-14(11-25-13)22(29)27-8-2-3-15(12-27)20-18(21(24)28)10-16-9-17(23)6-7-19(16)26-20/h4-7,9-11,15H,2-3,8,12H2,1H3,(H2,24,28)/t15-/m1/s1. The molecule has 1 aliphatic rings. The van der Waals surface area contributed by atoms with Gasteiger partial charge in [0.1, 0.15) is 5.82 Å². The Morgan fingerprint density at radius 2 is 2.03 bits per heavy atom. The average Bonchev–Trinajstić information content (AvgIpc) is 2.73. The summed E-state index contributed by atoms with van der Waals surface area (Å²) in [5, 5.41) is 0.525. The van der Waals surface area contributed by atoms with Crippen LogP contribution in [-0.4, -0.2) is 39.8 Å². The maximum absolute atomic E-state index is 13.6. The lowest BCUT2D eigenvalue weighted by atomic mass is 9.90. The van der Waals surface area contributed by atoms with E-state index in [2.05, 4.69) is 9.97 Å². The lowest BCUT2D eigenvalue weighted by molar-refractivity contribution is 0.0705. The molecule has 0 aliphatic carbocycles. The Bertz CT molecular complexity index is 1100. The van der Waals surface area contributed by atoms with E-state index in [-0.39, 0.29) is 17.4 Å². The molecule has 2 N–H and O–H groups in total. The van der Waals surface area contributed by atoms with Crippen molar-refractivity contribution in [1.29, 1.82) is 0 Å². The van der Waals surface area contributed by atoms with E-state index >= 15 is 0 Å². The van der Waals surface area contributed by atoms with Crippen LogP contribution >= 0.6 is 0 Å². The Balaban J connectivity index is 1.67. The number of fused-ring (bicyclic) bond motifs is 1. The number of nitrogens with two attached hydrogens (primary N) is 1. The molecule has 1 atom stereocenters. The number of benzene rings is 1. The number of rotatable bonds is 3. The second kappa shape index (κ2) is 7.58. The second-order valence-electron chi connectivity index (χ2n) is 7.40. The molecule has 7 heteroatoms. The van der Waals surface area contributed by atoms with E-state index in [0.717, 1.165) is 18.5 Å². The maximum atomic E-state index is 13.6. The topological polar surface area (TPSA) is 89.2 Å². The fourth-order valence-electron chi connectivity index (χ4n) is 3.83. The highest BCUT2D eigenvalue weighted by Gasteiger charge is 2.29. The molecule has 1 aromatic carbocycles. The number of pyridine rings is 2. The molecule has 0 saturated carbocycles. The molecule has 0 radical (unpaired) electrons. The first kappa shape index (κ1) is 19.0. The number of piperidine rings is 1. The van der Waals surface area contributed by atoms with Crippen LogP contribution in [0.25, 0.3) is 10.9 Å². The number of primary amides is 1. The summed E-state index contributed by atoms with van der Waals surface area (Å²) in [6.45, 7) is 2.94. The van der Waals surface area contributed by atoms with Crippen LogP contribution in [0.3, 0.4) is 0 Å². The van der Waals surface area contributed by atoms with Crippen LogP contribution in [0.5, 0.6) is 0 Å². The number of hydrogen-bond acceptors (Lipinski definition) is 4. The van der Waals surface area contributed by atoms with Gasteiger partial charge in [-0.15, -0.1) is 0 Å². The summed E-state index contributed by atoms with van der Waals surface area (Å²) in [4.78, 5) is 35.5. The number of nitrogens with zero attached hydrogens (tertiary/aromatic N) is 3. The quantitative estimate of drug-likeness (QED) is 0.741. The minimum Gasteiger partial charge on any atom is -0.366 e. The molecule has 1 aliphatic heterocycles. The third kappa shape index (κ3) is 3.81. The third-order valence-electron chi connectivity index (χ3n) is 5.33. The van der Waals surface area contributed by atoms with Gasteiger partial charge in [-0.3, -0.25) is 19.6 Å². The first-order valence-corrected chi connectivity index (χ1v) is 9.54. The van der Waals surface area contributed by atoms with Gasteiger partial charge in [-0.05, 0) is 56.2 Å². The van der Waals surface area contributed by atoms with E-state index in [1.165, 1.54) is 12.1 Å². The van der Waals surface area contributed by atoms with Gasteiger partial charge < -0.3 is 10.6 Å². The average molecular weight is 392 g/mol. The first-order chi connectivity index (χ1) is 13.9. The number of likely N-dealkylation sites (tertiary alicyclic amines) is 1. The van der Waals surface area contributed by atoms with Crippen molar-refractivity contribution in [1.82, 2.24) is 14.9 Å². The molecular formula is C22H21FN4O2. The van der Waals surface area contributed by atoms with Crippen LogP contribution in [0.1, 0.15) is 50.9 Å². The number of carbonyl (C=O) groups is 2. The van der Waals surface area contributed by atoms with Gasteiger partial charge in [0.05, 0.1) is 22.3 Å². The first-order valence-electron chi connectivity index (χ1n) is 9.54. The van der Waals surface area contributed by atoms with Crippen molar-refractivity contribution in [2.75, 3.05) is 13.1 Å². The predicted octanol–water partition coefficient (Wildman–Crippen LogP) is 3.20. The Hall–Kier alpha value is -3.35. The van der Waals surface area contributed by atoms with Gasteiger partial charge in [0.2, 0.25) is 0 Å². The molecule has 0 unspecified atom stereocenters. The molecule has 6 nitrogen and oxygen atoms in total. The summed E-state index contributed by atoms with van der Waals surface area (Å²) >= 11 is 0. The molecule has 2 amide bonds. The van der Waals surface area contributed by atoms with E-state index in [1.807, 2.05) is 13.0 Å². The molecule has 1 saturated heterocycles. The van der Waals surface area contributed by atoms with Crippen LogP contribution in [-0.2, 0) is 0 Å². The summed E-state index contributed by atoms with van der Waals surface area (Å²) < 4.78 is 13.6. The summed E-state index contributed by atoms with van der Waals surface area (Å²) in [5.74, 6) is -1.22. The van der Waals surface area contributed by atoms with Crippen LogP contribution in [0, 0.1) is 12.7 Å². The van der Waals surface area contributed by atoms with Gasteiger partial charge in [0.15, 0.2) is 0 Å². The van der Waals surface area contributed by atoms with Gasteiger partial charge in [0.25, 0.3) is 11.8 Å². The minimum absolute atomic E-state index is 0.0920. The van der Waals surface area contributed by atoms with Crippen LogP contribution < -0.4 is 5.73 Å². The Morgan fingerprint density at radius 3 is 2.76 bits per heavy atom. The largest absolute Gasteiger partial charge is 0.366 e. The van der Waals surface area contributed by atoms with Gasteiger partial charge in [-0.2, -0.15) is 0 Å². The summed E-state index contributed by atoms with van der Waals surface area (Å²) in [6, 6.07) is 9.43. The van der Waals surface area contributed by atoms with E-state index < -0.39 is 11.7 Å². The van der Waals surface area contributed by atoms with E-state index in [9.17, 15) is 14.0 Å². The highest BCUT2D eigenvalue weighted by Crippen LogP contribution is 2.31. The van der Waals surface area contributed by atoms with Crippen LogP contribution in [0.2, 0.25) is 0 Å². The van der Waals surface area contributed by atoms with Gasteiger partial charge in [0, 0.05) is 36.3 Å². The molecule has 3 aromatic rings. The van der Waals surface area contributed by atoms with E-state index in [0.29, 0.717) is 35.2 Å². The number of amides is 2. The zero-order valence-corrected chi connectivity index (χ0v) is 16.1. The predicted molar refractivity (Wildman–Crippen MR) is 107 cm³/mol. The Labute approximate surface area is 167 Å². The summed E-state index contributed by atoms with van der Waals surface area (Å²) in [5.41, 5.74) is 8.41. The molecule has 2 aromatic heterocycles. The SMILES string of the molecule is Cc1ccc(C(=O)N2CCC[C@@H](c3nc4ccc(F)cc4cc3C(N)=O)C2)cn1. The summed E-state index contributed by atoms with van der Waals surface area (Å²) in [7, 11) is 0. The lowest BCUT2D eigenvalue weighted by Gasteiger charge is -2.33. The van der Waals surface area contributed by atoms with Gasteiger partial charge in [-0.1, -0.05) is 0 Å². The normalized spacial score (nSPS) is 16.8.